The maximum atomic E-state index is 11.7. The average Bonchev–Trinajstić information content (AvgIpc) is 2.72. The summed E-state index contributed by atoms with van der Waals surface area (Å²) in [5.41, 5.74) is -0.720. The van der Waals surface area contributed by atoms with Gasteiger partial charge in [0.2, 0.25) is 5.16 Å². The molecule has 1 aromatic heterocycles. The van der Waals surface area contributed by atoms with Crippen molar-refractivity contribution in [2.24, 2.45) is 0 Å². The van der Waals surface area contributed by atoms with Gasteiger partial charge in [-0.2, -0.15) is 0 Å². The Morgan fingerprint density at radius 1 is 1.65 bits per heavy atom. The van der Waals surface area contributed by atoms with Gasteiger partial charge in [-0.15, -0.1) is 5.10 Å². The lowest BCUT2D eigenvalue weighted by Crippen LogP contribution is -2.52. The summed E-state index contributed by atoms with van der Waals surface area (Å²) < 4.78 is 4.80. The van der Waals surface area contributed by atoms with E-state index in [0.29, 0.717) is 17.5 Å². The second-order valence-electron chi connectivity index (χ2n) is 3.85. The van der Waals surface area contributed by atoms with Gasteiger partial charge < -0.3 is 10.1 Å². The predicted molar refractivity (Wildman–Crippen MR) is 65.9 cm³/mol. The number of methoxy groups -OCH3 is 1. The van der Waals surface area contributed by atoms with E-state index in [1.807, 2.05) is 20.8 Å². The van der Waals surface area contributed by atoms with Gasteiger partial charge in [0.15, 0.2) is 0 Å². The summed E-state index contributed by atoms with van der Waals surface area (Å²) in [7, 11) is 1.39. The Morgan fingerprint density at radius 3 is 2.82 bits per heavy atom. The fraction of sp³-hybridized carbons (Fsp3) is 0.700. The lowest BCUT2D eigenvalue weighted by molar-refractivity contribution is -0.146. The Hall–Kier alpha value is -1.08. The van der Waals surface area contributed by atoms with Gasteiger partial charge in [0.05, 0.1) is 7.11 Å². The van der Waals surface area contributed by atoms with Gasteiger partial charge in [0, 0.05) is 5.75 Å². The second-order valence-corrected chi connectivity index (χ2v) is 4.79. The summed E-state index contributed by atoms with van der Waals surface area (Å²) in [4.78, 5) is 15.9. The van der Waals surface area contributed by atoms with E-state index < -0.39 is 5.54 Å². The molecule has 1 unspecified atom stereocenters. The lowest BCUT2D eigenvalue weighted by atomic mass is 10.1. The standard InChI is InChI=1S/C10H18N4O2S/c1-5-11-10(3,8(15)16-4)6-17-9-12-7(2)13-14-9/h11H,5-6H2,1-4H3,(H,12,13,14). The third-order valence-electron chi connectivity index (χ3n) is 2.27. The molecule has 0 amide bonds. The molecule has 7 heteroatoms. The van der Waals surface area contributed by atoms with E-state index in [9.17, 15) is 4.79 Å². The molecule has 1 aromatic rings. The van der Waals surface area contributed by atoms with Crippen LogP contribution in [0.3, 0.4) is 0 Å². The number of ether oxygens (including phenoxy) is 1. The Labute approximate surface area is 105 Å². The van der Waals surface area contributed by atoms with Crippen molar-refractivity contribution in [2.75, 3.05) is 19.4 Å². The molecule has 0 aliphatic carbocycles. The molecule has 0 aromatic carbocycles. The summed E-state index contributed by atoms with van der Waals surface area (Å²) >= 11 is 1.42. The average molecular weight is 258 g/mol. The van der Waals surface area contributed by atoms with Gasteiger partial charge in [0.25, 0.3) is 0 Å². The summed E-state index contributed by atoms with van der Waals surface area (Å²) in [5.74, 6) is 1.000. The van der Waals surface area contributed by atoms with Crippen molar-refractivity contribution in [3.8, 4) is 0 Å². The first-order valence-corrected chi connectivity index (χ1v) is 6.35. The summed E-state index contributed by atoms with van der Waals surface area (Å²) in [5, 5.41) is 10.5. The maximum Gasteiger partial charge on any atom is 0.326 e. The number of hydrogen-bond donors (Lipinski definition) is 2. The molecule has 1 rings (SSSR count). The van der Waals surface area contributed by atoms with Crippen LogP contribution >= 0.6 is 11.8 Å². The molecule has 0 saturated carbocycles. The van der Waals surface area contributed by atoms with Crippen LogP contribution in [0.25, 0.3) is 0 Å². The van der Waals surface area contributed by atoms with Crippen molar-refractivity contribution >= 4 is 17.7 Å². The fourth-order valence-corrected chi connectivity index (χ4v) is 2.34. The Bertz CT molecular complexity index is 382. The van der Waals surface area contributed by atoms with Crippen LogP contribution in [0.2, 0.25) is 0 Å². The van der Waals surface area contributed by atoms with Crippen molar-refractivity contribution in [1.29, 1.82) is 0 Å². The summed E-state index contributed by atoms with van der Waals surface area (Å²) in [6.45, 7) is 6.29. The molecule has 1 atom stereocenters. The minimum absolute atomic E-state index is 0.279. The molecule has 0 bridgehead atoms. The van der Waals surface area contributed by atoms with Gasteiger partial charge in [-0.05, 0) is 20.4 Å². The fourth-order valence-electron chi connectivity index (χ4n) is 1.39. The van der Waals surface area contributed by atoms with Gasteiger partial charge >= 0.3 is 5.97 Å². The van der Waals surface area contributed by atoms with E-state index in [1.165, 1.54) is 18.9 Å². The zero-order chi connectivity index (χ0) is 12.9. The molecule has 0 spiro atoms. The van der Waals surface area contributed by atoms with Crippen LogP contribution in [0, 0.1) is 6.92 Å². The second kappa shape index (κ2) is 6.02. The number of nitrogens with one attached hydrogen (secondary N) is 2. The van der Waals surface area contributed by atoms with E-state index in [0.717, 1.165) is 5.82 Å². The summed E-state index contributed by atoms with van der Waals surface area (Å²) in [6, 6.07) is 0. The molecule has 2 N–H and O–H groups in total. The molecule has 0 aliphatic rings. The van der Waals surface area contributed by atoms with Crippen LogP contribution in [-0.2, 0) is 9.53 Å². The summed E-state index contributed by atoms with van der Waals surface area (Å²) in [6.07, 6.45) is 0. The number of aromatic amines is 1. The van der Waals surface area contributed by atoms with Crippen LogP contribution in [0.15, 0.2) is 5.16 Å². The van der Waals surface area contributed by atoms with E-state index in [1.54, 1.807) is 0 Å². The smallest absolute Gasteiger partial charge is 0.326 e. The molecule has 0 fully saturated rings. The van der Waals surface area contributed by atoms with E-state index in [4.69, 9.17) is 4.74 Å². The highest BCUT2D eigenvalue weighted by Crippen LogP contribution is 2.20. The van der Waals surface area contributed by atoms with Crippen LogP contribution in [0.4, 0.5) is 0 Å². The van der Waals surface area contributed by atoms with Crippen molar-refractivity contribution in [3.05, 3.63) is 5.82 Å². The number of aryl methyl sites for hydroxylation is 1. The van der Waals surface area contributed by atoms with E-state index >= 15 is 0 Å². The molecule has 1 heterocycles. The Kier molecular flexibility index (Phi) is 4.95. The zero-order valence-electron chi connectivity index (χ0n) is 10.5. The number of H-pyrrole nitrogens is 1. The highest BCUT2D eigenvalue weighted by molar-refractivity contribution is 7.99. The molecule has 17 heavy (non-hydrogen) atoms. The SMILES string of the molecule is CCNC(C)(CSc1n[nH]c(C)n1)C(=O)OC. The number of rotatable bonds is 6. The Morgan fingerprint density at radius 2 is 2.35 bits per heavy atom. The first-order chi connectivity index (χ1) is 8.01. The lowest BCUT2D eigenvalue weighted by Gasteiger charge is -2.26. The highest BCUT2D eigenvalue weighted by atomic mass is 32.2. The number of nitrogens with zero attached hydrogens (tertiary/aromatic N) is 2. The highest BCUT2D eigenvalue weighted by Gasteiger charge is 2.33. The normalized spacial score (nSPS) is 14.4. The van der Waals surface area contributed by atoms with Gasteiger partial charge in [-0.3, -0.25) is 9.89 Å². The quantitative estimate of drug-likeness (QED) is 0.579. The predicted octanol–water partition coefficient (Wildman–Crippen LogP) is 0.746. The minimum atomic E-state index is -0.720. The molecule has 96 valence electrons. The third kappa shape index (κ3) is 3.71. The molecule has 6 nitrogen and oxygen atoms in total. The number of esters is 1. The number of thioether (sulfide) groups is 1. The topological polar surface area (TPSA) is 79.9 Å². The largest absolute Gasteiger partial charge is 0.468 e. The monoisotopic (exact) mass is 258 g/mol. The molecule has 0 saturated heterocycles. The number of carbonyl (C=O) groups excluding carboxylic acids is 1. The van der Waals surface area contributed by atoms with Crippen LogP contribution in [0.5, 0.6) is 0 Å². The first kappa shape index (κ1) is 14.0. The molecule has 0 radical (unpaired) electrons. The van der Waals surface area contributed by atoms with Crippen molar-refractivity contribution in [3.63, 3.8) is 0 Å². The number of aromatic nitrogens is 3. The van der Waals surface area contributed by atoms with E-state index in [-0.39, 0.29) is 5.97 Å². The number of likely N-dealkylation sites (N-methyl/N-ethyl adjacent to an activating group) is 1. The van der Waals surface area contributed by atoms with Crippen LogP contribution < -0.4 is 5.32 Å². The number of hydrogen-bond acceptors (Lipinski definition) is 6. The van der Waals surface area contributed by atoms with Gasteiger partial charge in [0.1, 0.15) is 11.4 Å². The van der Waals surface area contributed by atoms with Crippen LogP contribution in [-0.4, -0.2) is 46.1 Å². The molecular weight excluding hydrogens is 240 g/mol. The van der Waals surface area contributed by atoms with Crippen molar-refractivity contribution in [2.45, 2.75) is 31.5 Å². The Balaban J connectivity index is 2.64. The third-order valence-corrected chi connectivity index (χ3v) is 3.43. The first-order valence-electron chi connectivity index (χ1n) is 5.37. The maximum absolute atomic E-state index is 11.7. The van der Waals surface area contributed by atoms with Gasteiger partial charge in [-0.25, -0.2) is 4.98 Å². The minimum Gasteiger partial charge on any atom is -0.468 e. The van der Waals surface area contributed by atoms with Crippen molar-refractivity contribution < 1.29 is 9.53 Å². The molecule has 0 aliphatic heterocycles. The zero-order valence-corrected chi connectivity index (χ0v) is 11.3. The molecular formula is C10H18N4O2S. The van der Waals surface area contributed by atoms with E-state index in [2.05, 4.69) is 20.5 Å². The van der Waals surface area contributed by atoms with Crippen molar-refractivity contribution in [1.82, 2.24) is 20.5 Å². The van der Waals surface area contributed by atoms with Gasteiger partial charge in [-0.1, -0.05) is 18.7 Å². The van der Waals surface area contributed by atoms with Crippen LogP contribution in [0.1, 0.15) is 19.7 Å². The number of carbonyl (C=O) groups is 1.